The summed E-state index contributed by atoms with van der Waals surface area (Å²) in [4.78, 5) is 0. The van der Waals surface area contributed by atoms with Gasteiger partial charge in [0.2, 0.25) is 0 Å². The first-order chi connectivity index (χ1) is 9.07. The van der Waals surface area contributed by atoms with Crippen LogP contribution >= 0.6 is 0 Å². The molecule has 120 valence electrons. The van der Waals surface area contributed by atoms with Gasteiger partial charge in [-0.15, -0.1) is 0 Å². The Morgan fingerprint density at radius 2 is 1.90 bits per heavy atom. The second-order valence-corrected chi connectivity index (χ2v) is 9.52. The van der Waals surface area contributed by atoms with Crippen LogP contribution in [0.15, 0.2) is 0 Å². The minimum Gasteiger partial charge on any atom is -0.376 e. The van der Waals surface area contributed by atoms with Crippen molar-refractivity contribution in [2.24, 2.45) is 17.1 Å². The molecule has 1 rings (SSSR count). The zero-order valence-electron chi connectivity index (χ0n) is 13.6. The third-order valence-electron chi connectivity index (χ3n) is 4.37. The largest absolute Gasteiger partial charge is 0.376 e. The van der Waals surface area contributed by atoms with Crippen molar-refractivity contribution in [1.29, 1.82) is 0 Å². The second kappa shape index (κ2) is 6.75. The molecule has 0 aromatic rings. The summed E-state index contributed by atoms with van der Waals surface area (Å²) in [5.74, 6) is 0.235. The number of hydrogen-bond acceptors (Lipinski definition) is 4. The van der Waals surface area contributed by atoms with Crippen molar-refractivity contribution >= 4 is 9.84 Å². The van der Waals surface area contributed by atoms with Gasteiger partial charge in [0.05, 0.1) is 11.4 Å². The van der Waals surface area contributed by atoms with Crippen LogP contribution in [0.3, 0.4) is 0 Å². The normalized spacial score (nSPS) is 28.1. The lowest BCUT2D eigenvalue weighted by atomic mass is 9.75. The molecule has 2 N–H and O–H groups in total. The van der Waals surface area contributed by atoms with Gasteiger partial charge >= 0.3 is 0 Å². The van der Waals surface area contributed by atoms with E-state index in [1.165, 1.54) is 6.26 Å². The van der Waals surface area contributed by atoms with Crippen LogP contribution in [0.1, 0.15) is 53.4 Å². The molecule has 1 saturated carbocycles. The summed E-state index contributed by atoms with van der Waals surface area (Å²) in [6, 6.07) is -0.0977. The van der Waals surface area contributed by atoms with Crippen molar-refractivity contribution in [3.8, 4) is 0 Å². The lowest BCUT2D eigenvalue weighted by molar-refractivity contribution is -0.0427. The van der Waals surface area contributed by atoms with Gasteiger partial charge in [-0.3, -0.25) is 0 Å². The monoisotopic (exact) mass is 305 g/mol. The van der Waals surface area contributed by atoms with Crippen LogP contribution in [0.2, 0.25) is 0 Å². The Balaban J connectivity index is 2.81. The first kappa shape index (κ1) is 17.9. The van der Waals surface area contributed by atoms with E-state index in [0.717, 1.165) is 19.3 Å². The Morgan fingerprint density at radius 1 is 1.30 bits per heavy atom. The average Bonchev–Trinajstić information content (AvgIpc) is 2.33. The molecule has 0 bridgehead atoms. The molecule has 0 radical (unpaired) electrons. The van der Waals surface area contributed by atoms with E-state index in [-0.39, 0.29) is 28.7 Å². The fraction of sp³-hybridized carbons (Fsp3) is 1.00. The van der Waals surface area contributed by atoms with E-state index in [9.17, 15) is 8.42 Å². The lowest BCUT2D eigenvalue weighted by Gasteiger charge is -2.41. The highest BCUT2D eigenvalue weighted by molar-refractivity contribution is 7.91. The number of hydrogen-bond donors (Lipinski definition) is 1. The zero-order chi connectivity index (χ0) is 15.6. The van der Waals surface area contributed by atoms with Crippen LogP contribution in [0.25, 0.3) is 0 Å². The topological polar surface area (TPSA) is 69.4 Å². The minimum absolute atomic E-state index is 0.0317. The molecule has 5 heteroatoms. The molecule has 1 fully saturated rings. The minimum atomic E-state index is -2.96. The summed E-state index contributed by atoms with van der Waals surface area (Å²) in [5.41, 5.74) is 6.42. The summed E-state index contributed by atoms with van der Waals surface area (Å²) in [7, 11) is -2.96. The van der Waals surface area contributed by atoms with Crippen LogP contribution in [0.4, 0.5) is 0 Å². The van der Waals surface area contributed by atoms with Crippen molar-refractivity contribution in [1.82, 2.24) is 0 Å². The van der Waals surface area contributed by atoms with Crippen molar-refractivity contribution in [3.63, 3.8) is 0 Å². The van der Waals surface area contributed by atoms with Gasteiger partial charge in [-0.25, -0.2) is 8.42 Å². The fourth-order valence-corrected chi connectivity index (χ4v) is 4.48. The molecule has 0 heterocycles. The highest BCUT2D eigenvalue weighted by Crippen LogP contribution is 2.35. The molecule has 4 unspecified atom stereocenters. The molecular weight excluding hydrogens is 274 g/mol. The zero-order valence-corrected chi connectivity index (χ0v) is 14.4. The van der Waals surface area contributed by atoms with Gasteiger partial charge < -0.3 is 10.5 Å². The second-order valence-electron chi connectivity index (χ2n) is 7.20. The van der Waals surface area contributed by atoms with Crippen LogP contribution in [0.5, 0.6) is 0 Å². The molecule has 0 saturated heterocycles. The summed E-state index contributed by atoms with van der Waals surface area (Å²) in [5, 5.41) is -0.227. The highest BCUT2D eigenvalue weighted by Gasteiger charge is 2.39. The molecule has 4 atom stereocenters. The predicted molar refractivity (Wildman–Crippen MR) is 83.4 cm³/mol. The van der Waals surface area contributed by atoms with E-state index in [1.54, 1.807) is 0 Å². The standard InChI is InChI=1S/C15H31NO3S/c1-6-19-14(15(2,3)4)13(16)11-8-7-9-12(10-11)20(5,17)18/h11-14H,6-10,16H2,1-5H3. The first-order valence-corrected chi connectivity index (χ1v) is 9.59. The quantitative estimate of drug-likeness (QED) is 0.846. The van der Waals surface area contributed by atoms with Crippen LogP contribution in [0, 0.1) is 11.3 Å². The fourth-order valence-electron chi connectivity index (χ4n) is 3.28. The van der Waals surface area contributed by atoms with Crippen molar-refractivity contribution in [2.45, 2.75) is 70.8 Å². The van der Waals surface area contributed by atoms with Gasteiger partial charge in [0, 0.05) is 18.9 Å². The smallest absolute Gasteiger partial charge is 0.150 e. The van der Waals surface area contributed by atoms with E-state index in [4.69, 9.17) is 10.5 Å². The van der Waals surface area contributed by atoms with Crippen LogP contribution in [-0.2, 0) is 14.6 Å². The maximum absolute atomic E-state index is 11.8. The number of ether oxygens (including phenoxy) is 1. The van der Waals surface area contributed by atoms with E-state index in [2.05, 4.69) is 20.8 Å². The Kier molecular flexibility index (Phi) is 6.05. The molecule has 20 heavy (non-hydrogen) atoms. The Labute approximate surface area is 124 Å². The van der Waals surface area contributed by atoms with E-state index in [0.29, 0.717) is 13.0 Å². The van der Waals surface area contributed by atoms with Gasteiger partial charge in [0.15, 0.2) is 0 Å². The highest BCUT2D eigenvalue weighted by atomic mass is 32.2. The Bertz CT molecular complexity index is 400. The maximum atomic E-state index is 11.8. The molecule has 1 aliphatic rings. The third-order valence-corrected chi connectivity index (χ3v) is 6.00. The van der Waals surface area contributed by atoms with Gasteiger partial charge in [-0.2, -0.15) is 0 Å². The summed E-state index contributed by atoms with van der Waals surface area (Å²) < 4.78 is 29.4. The van der Waals surface area contributed by atoms with Crippen molar-refractivity contribution in [3.05, 3.63) is 0 Å². The van der Waals surface area contributed by atoms with E-state index >= 15 is 0 Å². The predicted octanol–water partition coefficient (Wildman–Crippen LogP) is 2.37. The summed E-state index contributed by atoms with van der Waals surface area (Å²) >= 11 is 0. The third kappa shape index (κ3) is 4.71. The molecular formula is C15H31NO3S. The first-order valence-electron chi connectivity index (χ1n) is 7.63. The molecule has 4 nitrogen and oxygen atoms in total. The number of rotatable bonds is 5. The van der Waals surface area contributed by atoms with Crippen molar-refractivity contribution < 1.29 is 13.2 Å². The van der Waals surface area contributed by atoms with Gasteiger partial charge in [0.1, 0.15) is 9.84 Å². The van der Waals surface area contributed by atoms with E-state index in [1.807, 2.05) is 6.92 Å². The van der Waals surface area contributed by atoms with Crippen molar-refractivity contribution in [2.75, 3.05) is 12.9 Å². The maximum Gasteiger partial charge on any atom is 0.150 e. The van der Waals surface area contributed by atoms with Crippen LogP contribution in [-0.4, -0.2) is 38.7 Å². The Hall–Kier alpha value is -0.130. The molecule has 0 amide bonds. The van der Waals surface area contributed by atoms with Gasteiger partial charge in [-0.1, -0.05) is 27.2 Å². The molecule has 0 aromatic heterocycles. The van der Waals surface area contributed by atoms with Gasteiger partial charge in [0.25, 0.3) is 0 Å². The molecule has 0 aromatic carbocycles. The summed E-state index contributed by atoms with van der Waals surface area (Å²) in [6.07, 6.45) is 4.72. The van der Waals surface area contributed by atoms with Crippen LogP contribution < -0.4 is 5.73 Å². The number of sulfone groups is 1. The molecule has 1 aliphatic carbocycles. The Morgan fingerprint density at radius 3 is 2.35 bits per heavy atom. The average molecular weight is 305 g/mol. The lowest BCUT2D eigenvalue weighted by Crippen LogP contribution is -2.51. The summed E-state index contributed by atoms with van der Waals surface area (Å²) in [6.45, 7) is 9.00. The molecule has 0 aliphatic heterocycles. The number of nitrogens with two attached hydrogens (primary N) is 1. The SMILES string of the molecule is CCOC(C(N)C1CCCC(S(C)(=O)=O)C1)C(C)(C)C. The van der Waals surface area contributed by atoms with E-state index < -0.39 is 9.84 Å². The molecule has 0 spiro atoms. The van der Waals surface area contributed by atoms with Gasteiger partial charge in [-0.05, 0) is 37.5 Å².